The highest BCUT2D eigenvalue weighted by atomic mass is 19.1. The number of primary amides is 1. The molecule has 5 heterocycles. The Kier molecular flexibility index (Phi) is 7.81. The fourth-order valence-electron chi connectivity index (χ4n) is 8.13. The van der Waals surface area contributed by atoms with E-state index in [-0.39, 0.29) is 35.6 Å². The molecule has 1 amide bonds. The fourth-order valence-corrected chi connectivity index (χ4v) is 8.13. The summed E-state index contributed by atoms with van der Waals surface area (Å²) in [5.74, 6) is -0.305. The van der Waals surface area contributed by atoms with Gasteiger partial charge in [0.1, 0.15) is 41.7 Å². The number of phenols is 1. The van der Waals surface area contributed by atoms with Crippen molar-refractivity contribution in [1.82, 2.24) is 19.9 Å². The first-order chi connectivity index (χ1) is 22.4. The van der Waals surface area contributed by atoms with E-state index in [1.807, 2.05) is 49.9 Å². The molecule has 4 atom stereocenters. The number of nitrogens with zero attached hydrogens (tertiary/aromatic N) is 5. The Bertz CT molecular complexity index is 1850. The minimum absolute atomic E-state index is 0.00333. The van der Waals surface area contributed by atoms with E-state index in [2.05, 4.69) is 14.9 Å². The van der Waals surface area contributed by atoms with Crippen molar-refractivity contribution in [2.24, 2.45) is 11.1 Å². The molecule has 0 radical (unpaired) electrons. The highest BCUT2D eigenvalue weighted by Gasteiger charge is 2.49. The molecule has 2 aromatic carbocycles. The highest BCUT2D eigenvalue weighted by Crippen LogP contribution is 2.43. The first kappa shape index (κ1) is 31.3. The monoisotopic (exact) mass is 646 g/mol. The number of pyridine rings is 1. The molecule has 1 unspecified atom stereocenters. The summed E-state index contributed by atoms with van der Waals surface area (Å²) in [5.41, 5.74) is 5.07. The number of nitrogens with two attached hydrogens (primary N) is 1. The quantitative estimate of drug-likeness (QED) is 0.255. The lowest BCUT2D eigenvalue weighted by molar-refractivity contribution is 0.0399. The Labute approximate surface area is 271 Å². The molecule has 0 saturated carbocycles. The molecule has 2 aromatic heterocycles. The topological polar surface area (TPSA) is 127 Å². The number of aromatic hydroxyl groups is 1. The number of amides is 1. The third-order valence-corrected chi connectivity index (χ3v) is 9.98. The molecule has 248 valence electrons. The van der Waals surface area contributed by atoms with Gasteiger partial charge in [-0.15, -0.1) is 0 Å². The van der Waals surface area contributed by atoms with Crippen LogP contribution in [-0.2, 0) is 4.74 Å². The predicted octanol–water partition coefficient (Wildman–Crippen LogP) is 6.12. The van der Waals surface area contributed by atoms with Crippen molar-refractivity contribution < 1.29 is 28.2 Å². The number of rotatable bonds is 6. The van der Waals surface area contributed by atoms with Crippen LogP contribution in [-0.4, -0.2) is 81.1 Å². The summed E-state index contributed by atoms with van der Waals surface area (Å²) in [5, 5.41) is 12.3. The van der Waals surface area contributed by atoms with Gasteiger partial charge in [-0.2, -0.15) is 9.97 Å². The summed E-state index contributed by atoms with van der Waals surface area (Å²) >= 11 is 0. The Hall–Kier alpha value is -4.32. The largest absolute Gasteiger partial charge is 0.508 e. The molecule has 3 saturated heterocycles. The SMILES string of the molecule is CC(C)(C)[C@@H]1C(OC(N)=O)CCCN1c1nc(OC[C@@]23CCCN2C[C@H](F)C3)nc2c(F)c(-c3cc(O)cc4ccccc34)ncc12. The molecule has 0 spiro atoms. The molecule has 47 heavy (non-hydrogen) atoms. The normalized spacial score (nSPS) is 25.0. The van der Waals surface area contributed by atoms with Crippen molar-refractivity contribution in [3.63, 3.8) is 0 Å². The molecule has 4 aromatic rings. The van der Waals surface area contributed by atoms with Crippen molar-refractivity contribution in [1.29, 1.82) is 0 Å². The number of anilines is 1. The van der Waals surface area contributed by atoms with E-state index in [4.69, 9.17) is 20.2 Å². The van der Waals surface area contributed by atoms with Crippen LogP contribution in [0.4, 0.5) is 19.4 Å². The molecule has 0 aliphatic carbocycles. The number of ether oxygens (including phenoxy) is 2. The summed E-state index contributed by atoms with van der Waals surface area (Å²) < 4.78 is 43.3. The zero-order valence-corrected chi connectivity index (χ0v) is 26.9. The molecule has 12 heteroatoms. The maximum Gasteiger partial charge on any atom is 0.404 e. The van der Waals surface area contributed by atoms with E-state index >= 15 is 4.39 Å². The van der Waals surface area contributed by atoms with Crippen LogP contribution in [0.2, 0.25) is 0 Å². The Morgan fingerprint density at radius 2 is 1.96 bits per heavy atom. The number of alkyl halides is 1. The smallest absolute Gasteiger partial charge is 0.404 e. The van der Waals surface area contributed by atoms with Gasteiger partial charge in [-0.25, -0.2) is 13.6 Å². The number of fused-ring (bicyclic) bond motifs is 3. The van der Waals surface area contributed by atoms with Crippen LogP contribution in [0.15, 0.2) is 42.6 Å². The Balaban J connectivity index is 1.39. The van der Waals surface area contributed by atoms with Gasteiger partial charge in [0.25, 0.3) is 0 Å². The lowest BCUT2D eigenvalue weighted by Gasteiger charge is -2.47. The van der Waals surface area contributed by atoms with E-state index in [0.717, 1.165) is 30.2 Å². The molecular weight excluding hydrogens is 606 g/mol. The van der Waals surface area contributed by atoms with Crippen molar-refractivity contribution in [3.05, 3.63) is 48.4 Å². The van der Waals surface area contributed by atoms with Crippen molar-refractivity contribution >= 4 is 33.6 Å². The maximum absolute atomic E-state index is 16.9. The van der Waals surface area contributed by atoms with Gasteiger partial charge in [0.05, 0.1) is 17.0 Å². The van der Waals surface area contributed by atoms with Gasteiger partial charge in [-0.1, -0.05) is 45.0 Å². The van der Waals surface area contributed by atoms with Crippen LogP contribution >= 0.6 is 0 Å². The van der Waals surface area contributed by atoms with Crippen molar-refractivity contribution in [2.45, 2.75) is 76.7 Å². The molecule has 3 fully saturated rings. The lowest BCUT2D eigenvalue weighted by atomic mass is 9.78. The van der Waals surface area contributed by atoms with Gasteiger partial charge in [0.15, 0.2) is 5.82 Å². The standard InChI is InChI=1S/C35H40F2N6O4/c1-34(2,3)30-26(47-32(38)45)10-6-13-43(30)31-25-17-39-28(24-15-22(44)14-20-8-4-5-9-23(20)24)27(37)29(25)40-33(41-31)46-19-35-11-7-12-42(35)18-21(36)16-35/h4-5,8-9,14-15,17,21,26,30,44H,6-7,10-13,16,18-19H2,1-3H3,(H2,38,45)/t21-,26?,30+,35+/m1/s1. The van der Waals surface area contributed by atoms with Gasteiger partial charge in [-0.3, -0.25) is 9.88 Å². The van der Waals surface area contributed by atoms with Crippen LogP contribution in [0.25, 0.3) is 32.9 Å². The number of phenolic OH excluding ortho intramolecular Hbond substituents is 1. The zero-order valence-electron chi connectivity index (χ0n) is 26.9. The second-order valence-corrected chi connectivity index (χ2v) is 14.2. The van der Waals surface area contributed by atoms with Crippen LogP contribution < -0.4 is 15.4 Å². The van der Waals surface area contributed by atoms with Gasteiger partial charge in [-0.05, 0) is 60.5 Å². The van der Waals surface area contributed by atoms with Gasteiger partial charge >= 0.3 is 12.1 Å². The zero-order chi connectivity index (χ0) is 33.1. The van der Waals surface area contributed by atoms with Crippen LogP contribution in [0, 0.1) is 11.2 Å². The van der Waals surface area contributed by atoms with Crippen LogP contribution in [0.1, 0.15) is 52.9 Å². The number of benzene rings is 2. The number of piperidine rings is 1. The molecule has 3 aliphatic rings. The van der Waals surface area contributed by atoms with Crippen molar-refractivity contribution in [2.75, 3.05) is 31.1 Å². The average Bonchev–Trinajstić information content (AvgIpc) is 3.54. The Morgan fingerprint density at radius 3 is 2.74 bits per heavy atom. The van der Waals surface area contributed by atoms with E-state index < -0.39 is 35.1 Å². The van der Waals surface area contributed by atoms with E-state index in [1.165, 1.54) is 6.07 Å². The summed E-state index contributed by atoms with van der Waals surface area (Å²) in [4.78, 5) is 30.1. The minimum atomic E-state index is -0.932. The average molecular weight is 647 g/mol. The number of hydrogen-bond donors (Lipinski definition) is 2. The summed E-state index contributed by atoms with van der Waals surface area (Å²) in [6.07, 6.45) is 2.62. The van der Waals surface area contributed by atoms with Gasteiger partial charge in [0.2, 0.25) is 0 Å². The van der Waals surface area contributed by atoms with Crippen LogP contribution in [0.5, 0.6) is 11.8 Å². The number of carbonyl (C=O) groups excluding carboxylic acids is 1. The van der Waals surface area contributed by atoms with Gasteiger partial charge in [0, 0.05) is 31.3 Å². The molecule has 3 N–H and O–H groups in total. The predicted molar refractivity (Wildman–Crippen MR) is 175 cm³/mol. The first-order valence-electron chi connectivity index (χ1n) is 16.3. The second-order valence-electron chi connectivity index (χ2n) is 14.2. The summed E-state index contributed by atoms with van der Waals surface area (Å²) in [6.45, 7) is 8.02. The van der Waals surface area contributed by atoms with Crippen molar-refractivity contribution in [3.8, 4) is 23.0 Å². The van der Waals surface area contributed by atoms with E-state index in [1.54, 1.807) is 12.3 Å². The highest BCUT2D eigenvalue weighted by molar-refractivity contribution is 6.00. The number of carbonyl (C=O) groups is 1. The minimum Gasteiger partial charge on any atom is -0.508 e. The maximum atomic E-state index is 16.9. The number of aromatic nitrogens is 3. The molecular formula is C35H40F2N6O4. The molecule has 10 nitrogen and oxygen atoms in total. The second kappa shape index (κ2) is 11.7. The fraction of sp³-hybridized carbons (Fsp3) is 0.486. The third-order valence-electron chi connectivity index (χ3n) is 9.98. The molecule has 7 rings (SSSR count). The van der Waals surface area contributed by atoms with Crippen LogP contribution in [0.3, 0.4) is 0 Å². The Morgan fingerprint density at radius 1 is 1.15 bits per heavy atom. The molecule has 3 aliphatic heterocycles. The van der Waals surface area contributed by atoms with E-state index in [0.29, 0.717) is 49.1 Å². The molecule has 0 bridgehead atoms. The first-order valence-corrected chi connectivity index (χ1v) is 16.3. The number of halogens is 2. The summed E-state index contributed by atoms with van der Waals surface area (Å²) in [7, 11) is 0. The number of hydrogen-bond acceptors (Lipinski definition) is 9. The lowest BCUT2D eigenvalue weighted by Crippen LogP contribution is -2.57. The third kappa shape index (κ3) is 5.66. The van der Waals surface area contributed by atoms with Gasteiger partial charge < -0.3 is 25.2 Å². The van der Waals surface area contributed by atoms with E-state index in [9.17, 15) is 14.3 Å². The summed E-state index contributed by atoms with van der Waals surface area (Å²) in [6, 6.07) is 10.1.